The predicted molar refractivity (Wildman–Crippen MR) is 75.5 cm³/mol. The Labute approximate surface area is 115 Å². The number of carbonyl (C=O) groups is 1. The van der Waals surface area contributed by atoms with E-state index in [1.54, 1.807) is 11.3 Å². The van der Waals surface area contributed by atoms with Crippen molar-refractivity contribution in [2.24, 2.45) is 0 Å². The van der Waals surface area contributed by atoms with Gasteiger partial charge in [0.2, 0.25) is 0 Å². The van der Waals surface area contributed by atoms with Crippen molar-refractivity contribution in [3.05, 3.63) is 39.7 Å². The number of rotatable bonds is 4. The maximum absolute atomic E-state index is 10.6. The number of hydrogen-bond acceptors (Lipinski definition) is 3. The number of hydrogen-bond donors (Lipinski definition) is 1. The second-order valence-corrected chi connectivity index (χ2v) is 5.80. The molecule has 1 aliphatic rings. The molecule has 0 unspecified atom stereocenters. The molecule has 0 aliphatic heterocycles. The van der Waals surface area contributed by atoms with Crippen LogP contribution in [0.15, 0.2) is 23.6 Å². The van der Waals surface area contributed by atoms with Gasteiger partial charge in [0, 0.05) is 17.4 Å². The lowest BCUT2D eigenvalue weighted by Gasteiger charge is -2.02. The van der Waals surface area contributed by atoms with E-state index in [9.17, 15) is 4.79 Å². The van der Waals surface area contributed by atoms with Gasteiger partial charge in [0.25, 0.3) is 0 Å². The average molecular weight is 273 g/mol. The summed E-state index contributed by atoms with van der Waals surface area (Å²) < 4.78 is 0. The molecule has 1 N–H and O–H groups in total. The number of aromatic nitrogens is 1. The molecule has 1 heterocycles. The first kappa shape index (κ1) is 12.4. The highest BCUT2D eigenvalue weighted by atomic mass is 32.1. The second kappa shape index (κ2) is 5.13. The van der Waals surface area contributed by atoms with Crippen molar-refractivity contribution < 1.29 is 9.90 Å². The van der Waals surface area contributed by atoms with Gasteiger partial charge in [-0.05, 0) is 36.5 Å². The fourth-order valence-corrected chi connectivity index (χ4v) is 3.31. The Balaban J connectivity index is 1.80. The van der Waals surface area contributed by atoms with Crippen molar-refractivity contribution in [3.8, 4) is 11.3 Å². The summed E-state index contributed by atoms with van der Waals surface area (Å²) in [4.78, 5) is 15.1. The number of fused-ring (bicyclic) bond motifs is 1. The maximum Gasteiger partial charge on any atom is 0.303 e. The standard InChI is InChI=1S/C15H15NO2S/c17-15(18)7-6-14-16-13(9-19-14)12-5-4-10-2-1-3-11(10)8-12/h4-5,8-9H,1-3,6-7H2,(H,17,18). The Morgan fingerprint density at radius 3 is 3.00 bits per heavy atom. The lowest BCUT2D eigenvalue weighted by Crippen LogP contribution is -1.96. The zero-order valence-electron chi connectivity index (χ0n) is 10.6. The molecule has 2 aromatic rings. The highest BCUT2D eigenvalue weighted by Gasteiger charge is 2.13. The molecule has 1 aliphatic carbocycles. The van der Waals surface area contributed by atoms with Gasteiger partial charge < -0.3 is 5.11 Å². The molecule has 3 nitrogen and oxygen atoms in total. The van der Waals surface area contributed by atoms with E-state index in [-0.39, 0.29) is 6.42 Å². The van der Waals surface area contributed by atoms with Crippen LogP contribution in [0.4, 0.5) is 0 Å². The van der Waals surface area contributed by atoms with E-state index < -0.39 is 5.97 Å². The Morgan fingerprint density at radius 1 is 1.32 bits per heavy atom. The Hall–Kier alpha value is -1.68. The minimum Gasteiger partial charge on any atom is -0.481 e. The van der Waals surface area contributed by atoms with Crippen LogP contribution in [0.25, 0.3) is 11.3 Å². The first-order valence-corrected chi connectivity index (χ1v) is 7.39. The number of aliphatic carboxylic acids is 1. The number of carboxylic acid groups (broad SMARTS) is 1. The van der Waals surface area contributed by atoms with Crippen LogP contribution in [0.1, 0.15) is 29.0 Å². The minimum atomic E-state index is -0.769. The third-order valence-corrected chi connectivity index (χ3v) is 4.41. The van der Waals surface area contributed by atoms with Gasteiger partial charge in [-0.2, -0.15) is 0 Å². The second-order valence-electron chi connectivity index (χ2n) is 4.86. The van der Waals surface area contributed by atoms with E-state index in [2.05, 4.69) is 23.2 Å². The smallest absolute Gasteiger partial charge is 0.303 e. The molecule has 0 fully saturated rings. The zero-order chi connectivity index (χ0) is 13.2. The number of thiazole rings is 1. The van der Waals surface area contributed by atoms with Crippen LogP contribution in [-0.2, 0) is 24.1 Å². The lowest BCUT2D eigenvalue weighted by atomic mass is 10.1. The normalized spacial score (nSPS) is 13.5. The van der Waals surface area contributed by atoms with Crippen molar-refractivity contribution in [3.63, 3.8) is 0 Å². The fourth-order valence-electron chi connectivity index (χ4n) is 2.50. The summed E-state index contributed by atoms with van der Waals surface area (Å²) in [6, 6.07) is 6.56. The Kier molecular flexibility index (Phi) is 3.34. The molecule has 98 valence electrons. The lowest BCUT2D eigenvalue weighted by molar-refractivity contribution is -0.136. The van der Waals surface area contributed by atoms with Crippen molar-refractivity contribution in [2.45, 2.75) is 32.1 Å². The quantitative estimate of drug-likeness (QED) is 0.929. The van der Waals surface area contributed by atoms with E-state index in [1.165, 1.54) is 30.4 Å². The molecule has 0 saturated heterocycles. The molecule has 4 heteroatoms. The summed E-state index contributed by atoms with van der Waals surface area (Å²) in [5.41, 5.74) is 5.03. The molecule has 1 aromatic heterocycles. The van der Waals surface area contributed by atoms with Crippen LogP contribution in [-0.4, -0.2) is 16.1 Å². The first-order valence-electron chi connectivity index (χ1n) is 6.51. The monoisotopic (exact) mass is 273 g/mol. The number of carboxylic acids is 1. The van der Waals surface area contributed by atoms with E-state index in [0.29, 0.717) is 6.42 Å². The molecule has 0 atom stereocenters. The van der Waals surface area contributed by atoms with E-state index in [4.69, 9.17) is 5.11 Å². The van der Waals surface area contributed by atoms with Crippen molar-refractivity contribution >= 4 is 17.3 Å². The van der Waals surface area contributed by atoms with Gasteiger partial charge in [0.05, 0.1) is 17.1 Å². The van der Waals surface area contributed by atoms with E-state index in [1.807, 2.05) is 5.38 Å². The van der Waals surface area contributed by atoms with Gasteiger partial charge >= 0.3 is 5.97 Å². The molecule has 0 bridgehead atoms. The van der Waals surface area contributed by atoms with Gasteiger partial charge in [-0.1, -0.05) is 12.1 Å². The molecule has 0 spiro atoms. The third kappa shape index (κ3) is 2.68. The number of nitrogens with zero attached hydrogens (tertiary/aromatic N) is 1. The van der Waals surface area contributed by atoms with Crippen molar-refractivity contribution in [1.29, 1.82) is 0 Å². The summed E-state index contributed by atoms with van der Waals surface area (Å²) in [7, 11) is 0. The van der Waals surface area contributed by atoms with Crippen LogP contribution >= 0.6 is 11.3 Å². The fraction of sp³-hybridized carbons (Fsp3) is 0.333. The molecule has 3 rings (SSSR count). The van der Waals surface area contributed by atoms with Crippen molar-refractivity contribution in [1.82, 2.24) is 4.98 Å². The van der Waals surface area contributed by atoms with Gasteiger partial charge in [0.1, 0.15) is 0 Å². The molecule has 0 saturated carbocycles. The highest BCUT2D eigenvalue weighted by Crippen LogP contribution is 2.29. The van der Waals surface area contributed by atoms with Gasteiger partial charge in [-0.25, -0.2) is 4.98 Å². The summed E-state index contributed by atoms with van der Waals surface area (Å²) in [5, 5.41) is 11.6. The Morgan fingerprint density at radius 2 is 2.16 bits per heavy atom. The van der Waals surface area contributed by atoms with Crippen LogP contribution in [0, 0.1) is 0 Å². The minimum absolute atomic E-state index is 0.150. The molecule has 1 aromatic carbocycles. The van der Waals surface area contributed by atoms with Crippen LogP contribution in [0.2, 0.25) is 0 Å². The van der Waals surface area contributed by atoms with Gasteiger partial charge in [-0.3, -0.25) is 4.79 Å². The van der Waals surface area contributed by atoms with Crippen LogP contribution < -0.4 is 0 Å². The summed E-state index contributed by atoms with van der Waals surface area (Å²) >= 11 is 1.55. The van der Waals surface area contributed by atoms with Gasteiger partial charge in [-0.15, -0.1) is 11.3 Å². The number of benzene rings is 1. The SMILES string of the molecule is O=C(O)CCc1nc(-c2ccc3c(c2)CCC3)cs1. The molecule has 0 amide bonds. The molecular weight excluding hydrogens is 258 g/mol. The van der Waals surface area contributed by atoms with E-state index in [0.717, 1.165) is 16.3 Å². The Bertz CT molecular complexity index is 618. The average Bonchev–Trinajstić information content (AvgIpc) is 3.04. The largest absolute Gasteiger partial charge is 0.481 e. The summed E-state index contributed by atoms with van der Waals surface area (Å²) in [6.07, 6.45) is 4.28. The topological polar surface area (TPSA) is 50.2 Å². The summed E-state index contributed by atoms with van der Waals surface area (Å²) in [5.74, 6) is -0.769. The van der Waals surface area contributed by atoms with E-state index >= 15 is 0 Å². The zero-order valence-corrected chi connectivity index (χ0v) is 11.4. The molecule has 19 heavy (non-hydrogen) atoms. The highest BCUT2D eigenvalue weighted by molar-refractivity contribution is 7.09. The third-order valence-electron chi connectivity index (χ3n) is 3.50. The van der Waals surface area contributed by atoms with Crippen molar-refractivity contribution in [2.75, 3.05) is 0 Å². The summed E-state index contributed by atoms with van der Waals surface area (Å²) in [6.45, 7) is 0. The number of aryl methyl sites for hydroxylation is 3. The first-order chi connectivity index (χ1) is 9.22. The predicted octanol–water partition coefficient (Wildman–Crippen LogP) is 3.32. The van der Waals surface area contributed by atoms with Crippen LogP contribution in [0.3, 0.4) is 0 Å². The molecule has 0 radical (unpaired) electrons. The molecular formula is C15H15NO2S. The maximum atomic E-state index is 10.6. The van der Waals surface area contributed by atoms with Gasteiger partial charge in [0.15, 0.2) is 0 Å². The van der Waals surface area contributed by atoms with Crippen LogP contribution in [0.5, 0.6) is 0 Å².